The Hall–Kier alpha value is -2.69. The van der Waals surface area contributed by atoms with Crippen molar-refractivity contribution in [2.75, 3.05) is 6.54 Å². The van der Waals surface area contributed by atoms with E-state index in [0.29, 0.717) is 25.8 Å². The van der Waals surface area contributed by atoms with Crippen LogP contribution >= 0.6 is 0 Å². The standard InChI is InChI=1S/C20H21FN2O2/c21-17-8-4-7-16(11-17)12-18-13-19(25-23-18)14-22-20(24)10-9-15-5-2-1-3-6-15/h1-8,11,19H,9-10,12-14H2,(H,22,24)/t19-/m1/s1. The molecule has 3 rings (SSSR count). The summed E-state index contributed by atoms with van der Waals surface area (Å²) in [6.07, 6.45) is 2.24. The van der Waals surface area contributed by atoms with Gasteiger partial charge in [-0.05, 0) is 29.7 Å². The van der Waals surface area contributed by atoms with Gasteiger partial charge >= 0.3 is 0 Å². The summed E-state index contributed by atoms with van der Waals surface area (Å²) < 4.78 is 13.2. The molecule has 1 atom stereocenters. The van der Waals surface area contributed by atoms with Crippen LogP contribution in [0.1, 0.15) is 24.0 Å². The number of halogens is 1. The number of nitrogens with zero attached hydrogens (tertiary/aromatic N) is 1. The molecule has 1 aliphatic rings. The fraction of sp³-hybridized carbons (Fsp3) is 0.300. The number of benzene rings is 2. The summed E-state index contributed by atoms with van der Waals surface area (Å²) >= 11 is 0. The average molecular weight is 340 g/mol. The largest absolute Gasteiger partial charge is 0.390 e. The lowest BCUT2D eigenvalue weighted by Crippen LogP contribution is -2.32. The van der Waals surface area contributed by atoms with Gasteiger partial charge in [-0.2, -0.15) is 0 Å². The van der Waals surface area contributed by atoms with E-state index < -0.39 is 0 Å². The number of hydrogen-bond acceptors (Lipinski definition) is 3. The van der Waals surface area contributed by atoms with Gasteiger partial charge in [-0.1, -0.05) is 47.6 Å². The lowest BCUT2D eigenvalue weighted by Gasteiger charge is -2.10. The van der Waals surface area contributed by atoms with E-state index in [1.165, 1.54) is 12.1 Å². The van der Waals surface area contributed by atoms with Gasteiger partial charge < -0.3 is 10.2 Å². The fourth-order valence-electron chi connectivity index (χ4n) is 2.80. The molecule has 0 fully saturated rings. The van der Waals surface area contributed by atoms with Crippen molar-refractivity contribution in [1.82, 2.24) is 5.32 Å². The minimum Gasteiger partial charge on any atom is -0.390 e. The lowest BCUT2D eigenvalue weighted by atomic mass is 10.0. The van der Waals surface area contributed by atoms with Gasteiger partial charge in [0.15, 0.2) is 0 Å². The van der Waals surface area contributed by atoms with Crippen molar-refractivity contribution in [3.05, 3.63) is 71.5 Å². The van der Waals surface area contributed by atoms with Gasteiger partial charge in [0.25, 0.3) is 0 Å². The molecule has 0 spiro atoms. The van der Waals surface area contributed by atoms with Crippen LogP contribution in [-0.2, 0) is 22.5 Å². The van der Waals surface area contributed by atoms with E-state index >= 15 is 0 Å². The van der Waals surface area contributed by atoms with E-state index in [2.05, 4.69) is 10.5 Å². The summed E-state index contributed by atoms with van der Waals surface area (Å²) in [6.45, 7) is 0.434. The first-order valence-electron chi connectivity index (χ1n) is 8.45. The van der Waals surface area contributed by atoms with E-state index in [1.54, 1.807) is 6.07 Å². The van der Waals surface area contributed by atoms with Crippen molar-refractivity contribution in [2.45, 2.75) is 31.8 Å². The van der Waals surface area contributed by atoms with Crippen LogP contribution in [0.3, 0.4) is 0 Å². The number of carbonyl (C=O) groups excluding carboxylic acids is 1. The Kier molecular flexibility index (Phi) is 5.77. The number of nitrogens with one attached hydrogen (secondary N) is 1. The Morgan fingerprint density at radius 2 is 1.96 bits per heavy atom. The maximum atomic E-state index is 13.2. The summed E-state index contributed by atoms with van der Waals surface area (Å²) in [4.78, 5) is 17.3. The summed E-state index contributed by atoms with van der Waals surface area (Å²) in [7, 11) is 0. The second kappa shape index (κ2) is 8.42. The molecule has 0 saturated heterocycles. The summed E-state index contributed by atoms with van der Waals surface area (Å²) in [5, 5.41) is 6.95. The van der Waals surface area contributed by atoms with Crippen LogP contribution in [0.25, 0.3) is 0 Å². The fourth-order valence-corrected chi connectivity index (χ4v) is 2.80. The van der Waals surface area contributed by atoms with Gasteiger partial charge in [0, 0.05) is 19.3 Å². The van der Waals surface area contributed by atoms with Crippen LogP contribution in [-0.4, -0.2) is 24.3 Å². The molecule has 130 valence electrons. The van der Waals surface area contributed by atoms with Gasteiger partial charge in [-0.3, -0.25) is 4.79 Å². The molecular weight excluding hydrogens is 319 g/mol. The number of rotatable bonds is 7. The predicted octanol–water partition coefficient (Wildman–Crippen LogP) is 3.26. The van der Waals surface area contributed by atoms with Crippen LogP contribution in [0.4, 0.5) is 4.39 Å². The Morgan fingerprint density at radius 1 is 1.16 bits per heavy atom. The second-order valence-electron chi connectivity index (χ2n) is 6.19. The van der Waals surface area contributed by atoms with Crippen LogP contribution in [0.2, 0.25) is 0 Å². The van der Waals surface area contributed by atoms with Crippen LogP contribution in [0, 0.1) is 5.82 Å². The highest BCUT2D eigenvalue weighted by atomic mass is 19.1. The van der Waals surface area contributed by atoms with E-state index in [0.717, 1.165) is 23.3 Å². The Morgan fingerprint density at radius 3 is 2.76 bits per heavy atom. The van der Waals surface area contributed by atoms with Crippen LogP contribution in [0.5, 0.6) is 0 Å². The van der Waals surface area contributed by atoms with Crippen LogP contribution < -0.4 is 5.32 Å². The SMILES string of the molecule is O=C(CCc1ccccc1)NC[C@H]1CC(Cc2cccc(F)c2)=NO1. The molecule has 1 amide bonds. The zero-order valence-electron chi connectivity index (χ0n) is 14.0. The van der Waals surface area contributed by atoms with Crippen molar-refractivity contribution < 1.29 is 14.0 Å². The molecule has 0 unspecified atom stereocenters. The lowest BCUT2D eigenvalue weighted by molar-refractivity contribution is -0.121. The van der Waals surface area contributed by atoms with Gasteiger partial charge in [0.05, 0.1) is 12.3 Å². The Balaban J connectivity index is 1.37. The molecule has 2 aromatic carbocycles. The first-order chi connectivity index (χ1) is 12.2. The highest BCUT2D eigenvalue weighted by molar-refractivity contribution is 5.87. The number of amides is 1. The monoisotopic (exact) mass is 340 g/mol. The van der Waals surface area contributed by atoms with Crippen molar-refractivity contribution in [1.29, 1.82) is 0 Å². The molecule has 5 heteroatoms. The van der Waals surface area contributed by atoms with Crippen molar-refractivity contribution in [3.8, 4) is 0 Å². The molecule has 4 nitrogen and oxygen atoms in total. The highest BCUT2D eigenvalue weighted by Crippen LogP contribution is 2.15. The zero-order valence-corrected chi connectivity index (χ0v) is 14.0. The maximum absolute atomic E-state index is 13.2. The molecule has 0 bridgehead atoms. The normalized spacial score (nSPS) is 16.2. The smallest absolute Gasteiger partial charge is 0.220 e. The Labute approximate surface area is 146 Å². The molecule has 1 aliphatic heterocycles. The van der Waals surface area contributed by atoms with E-state index in [9.17, 15) is 9.18 Å². The summed E-state index contributed by atoms with van der Waals surface area (Å²) in [5.74, 6) is -0.245. The van der Waals surface area contributed by atoms with Gasteiger partial charge in [0.1, 0.15) is 11.9 Å². The molecule has 1 heterocycles. The van der Waals surface area contributed by atoms with E-state index in [-0.39, 0.29) is 17.8 Å². The third-order valence-electron chi connectivity index (χ3n) is 4.10. The minimum absolute atomic E-state index is 0.00559. The highest BCUT2D eigenvalue weighted by Gasteiger charge is 2.21. The van der Waals surface area contributed by atoms with Crippen molar-refractivity contribution in [2.24, 2.45) is 5.16 Å². The first-order valence-corrected chi connectivity index (χ1v) is 8.45. The molecule has 0 radical (unpaired) electrons. The maximum Gasteiger partial charge on any atom is 0.220 e. The quantitative estimate of drug-likeness (QED) is 0.841. The molecule has 1 N–H and O–H groups in total. The molecule has 0 saturated carbocycles. The topological polar surface area (TPSA) is 50.7 Å². The van der Waals surface area contributed by atoms with Gasteiger partial charge in [0.2, 0.25) is 5.91 Å². The van der Waals surface area contributed by atoms with E-state index in [4.69, 9.17) is 4.84 Å². The molecular formula is C20H21FN2O2. The predicted molar refractivity (Wildman–Crippen MR) is 94.8 cm³/mol. The van der Waals surface area contributed by atoms with E-state index in [1.807, 2.05) is 36.4 Å². The number of carbonyl (C=O) groups is 1. The minimum atomic E-state index is -0.251. The molecule has 25 heavy (non-hydrogen) atoms. The summed E-state index contributed by atoms with van der Waals surface area (Å²) in [5.41, 5.74) is 2.89. The van der Waals surface area contributed by atoms with Crippen molar-refractivity contribution >= 4 is 11.6 Å². The van der Waals surface area contributed by atoms with Crippen molar-refractivity contribution in [3.63, 3.8) is 0 Å². The Bertz CT molecular complexity index is 746. The van der Waals surface area contributed by atoms with Gasteiger partial charge in [-0.25, -0.2) is 4.39 Å². The first kappa shape index (κ1) is 17.1. The summed E-state index contributed by atoms with van der Waals surface area (Å²) in [6, 6.07) is 16.4. The zero-order chi connectivity index (χ0) is 17.5. The average Bonchev–Trinajstić information content (AvgIpc) is 3.06. The second-order valence-corrected chi connectivity index (χ2v) is 6.19. The third-order valence-corrected chi connectivity index (χ3v) is 4.10. The number of aryl methyl sites for hydroxylation is 1. The third kappa shape index (κ3) is 5.41. The van der Waals surface area contributed by atoms with Crippen LogP contribution in [0.15, 0.2) is 59.8 Å². The molecule has 0 aromatic heterocycles. The number of oxime groups is 1. The molecule has 0 aliphatic carbocycles. The van der Waals surface area contributed by atoms with Gasteiger partial charge in [-0.15, -0.1) is 0 Å². The molecule has 2 aromatic rings. The number of hydrogen-bond donors (Lipinski definition) is 1.